The van der Waals surface area contributed by atoms with Crippen LogP contribution in [0.15, 0.2) is 102 Å². The molecule has 0 spiro atoms. The molecule has 0 unspecified atom stereocenters. The third kappa shape index (κ3) is 4.72. The van der Waals surface area contributed by atoms with Crippen LogP contribution in [-0.2, 0) is 14.3 Å². The maximum atomic E-state index is 13.0. The molecule has 0 saturated carbocycles. The Kier molecular flexibility index (Phi) is 6.64. The van der Waals surface area contributed by atoms with Gasteiger partial charge in [-0.3, -0.25) is 9.59 Å². The number of carbonyl (C=O) groups excluding carboxylic acids is 4. The molecule has 4 aromatic carbocycles. The van der Waals surface area contributed by atoms with Gasteiger partial charge in [0, 0.05) is 5.69 Å². The fourth-order valence-electron chi connectivity index (χ4n) is 3.94. The Bertz CT molecular complexity index is 1630. The first-order valence-electron chi connectivity index (χ1n) is 11.4. The fourth-order valence-corrected chi connectivity index (χ4v) is 4.15. The minimum Gasteiger partial charge on any atom is -0.465 e. The summed E-state index contributed by atoms with van der Waals surface area (Å²) in [4.78, 5) is 50.9. The fraction of sp³-hybridized carbons (Fsp3) is 0.0345. The van der Waals surface area contributed by atoms with E-state index in [1.54, 1.807) is 24.3 Å². The zero-order valence-corrected chi connectivity index (χ0v) is 20.7. The van der Waals surface area contributed by atoms with E-state index in [9.17, 15) is 19.2 Å². The highest BCUT2D eigenvalue weighted by Gasteiger charge is 2.39. The quantitative estimate of drug-likeness (QED) is 0.207. The predicted molar refractivity (Wildman–Crippen MR) is 142 cm³/mol. The molecule has 0 saturated heterocycles. The summed E-state index contributed by atoms with van der Waals surface area (Å²) < 4.78 is 10.2. The van der Waals surface area contributed by atoms with Gasteiger partial charge in [-0.2, -0.15) is 0 Å². The van der Waals surface area contributed by atoms with Crippen LogP contribution in [0.25, 0.3) is 10.8 Å². The largest absolute Gasteiger partial charge is 0.465 e. The van der Waals surface area contributed by atoms with E-state index in [1.165, 1.54) is 43.5 Å². The van der Waals surface area contributed by atoms with Gasteiger partial charge in [0.05, 0.1) is 23.9 Å². The molecule has 0 bridgehead atoms. The van der Waals surface area contributed by atoms with Crippen molar-refractivity contribution in [3.8, 4) is 5.75 Å². The van der Waals surface area contributed by atoms with Gasteiger partial charge in [0.2, 0.25) is 0 Å². The van der Waals surface area contributed by atoms with E-state index in [2.05, 4.69) is 10.1 Å². The molecule has 0 fully saturated rings. The van der Waals surface area contributed by atoms with E-state index in [0.717, 1.165) is 15.7 Å². The Morgan fingerprint density at radius 1 is 0.763 bits per heavy atom. The number of hydrogen-bond acceptors (Lipinski definition) is 7. The topological polar surface area (TPSA) is 102 Å². The van der Waals surface area contributed by atoms with Crippen LogP contribution >= 0.6 is 11.6 Å². The Hall–Kier alpha value is -4.95. The molecule has 0 aliphatic carbocycles. The van der Waals surface area contributed by atoms with E-state index in [1.807, 2.05) is 30.3 Å². The van der Waals surface area contributed by atoms with Gasteiger partial charge in [0.25, 0.3) is 11.8 Å². The van der Waals surface area contributed by atoms with Crippen LogP contribution in [0.1, 0.15) is 20.7 Å². The van der Waals surface area contributed by atoms with Crippen molar-refractivity contribution in [1.29, 1.82) is 0 Å². The summed E-state index contributed by atoms with van der Waals surface area (Å²) in [5.41, 5.74) is 1.14. The standard InChI is InChI=1S/C29H19ClN2O6/c1-37-28(35)18-8-13-22(14-9-18)32-26(33)24(30)25(27(32)34)31-21-11-6-19(7-12-21)29(36)38-23-15-10-17-4-2-3-5-20(17)16-23/h2-16,31H,1H3. The van der Waals surface area contributed by atoms with Crippen molar-refractivity contribution in [3.05, 3.63) is 113 Å². The van der Waals surface area contributed by atoms with Crippen molar-refractivity contribution in [2.45, 2.75) is 0 Å². The van der Waals surface area contributed by atoms with Gasteiger partial charge in [0.15, 0.2) is 0 Å². The van der Waals surface area contributed by atoms with Gasteiger partial charge in [-0.25, -0.2) is 14.5 Å². The number of methoxy groups -OCH3 is 1. The van der Waals surface area contributed by atoms with Crippen molar-refractivity contribution in [3.63, 3.8) is 0 Å². The number of anilines is 2. The number of hydrogen-bond donors (Lipinski definition) is 1. The summed E-state index contributed by atoms with van der Waals surface area (Å²) in [6.45, 7) is 0. The molecule has 1 heterocycles. The van der Waals surface area contributed by atoms with Crippen molar-refractivity contribution in [2.75, 3.05) is 17.3 Å². The molecule has 0 aromatic heterocycles. The zero-order valence-electron chi connectivity index (χ0n) is 19.9. The van der Waals surface area contributed by atoms with E-state index in [0.29, 0.717) is 17.0 Å². The van der Waals surface area contributed by atoms with Gasteiger partial charge in [-0.05, 0) is 71.4 Å². The molecule has 38 heavy (non-hydrogen) atoms. The molecule has 1 aliphatic rings. The summed E-state index contributed by atoms with van der Waals surface area (Å²) in [5.74, 6) is -2.04. The maximum absolute atomic E-state index is 13.0. The average Bonchev–Trinajstić information content (AvgIpc) is 3.15. The van der Waals surface area contributed by atoms with Gasteiger partial charge < -0.3 is 14.8 Å². The molecule has 5 rings (SSSR count). The lowest BCUT2D eigenvalue weighted by Crippen LogP contribution is -2.32. The number of nitrogens with zero attached hydrogens (tertiary/aromatic N) is 1. The van der Waals surface area contributed by atoms with E-state index < -0.39 is 23.8 Å². The maximum Gasteiger partial charge on any atom is 0.343 e. The van der Waals surface area contributed by atoms with E-state index in [-0.39, 0.29) is 22.0 Å². The second-order valence-electron chi connectivity index (χ2n) is 8.27. The third-order valence-corrected chi connectivity index (χ3v) is 6.25. The first-order valence-corrected chi connectivity index (χ1v) is 11.8. The normalized spacial score (nSPS) is 13.2. The lowest BCUT2D eigenvalue weighted by molar-refractivity contribution is -0.120. The van der Waals surface area contributed by atoms with Crippen molar-refractivity contribution in [1.82, 2.24) is 0 Å². The van der Waals surface area contributed by atoms with Gasteiger partial charge in [-0.15, -0.1) is 0 Å². The molecule has 8 nitrogen and oxygen atoms in total. The zero-order chi connectivity index (χ0) is 26.8. The molecular formula is C29H19ClN2O6. The number of ether oxygens (including phenoxy) is 2. The van der Waals surface area contributed by atoms with Crippen LogP contribution in [-0.4, -0.2) is 30.9 Å². The molecule has 0 radical (unpaired) electrons. The summed E-state index contributed by atoms with van der Waals surface area (Å²) in [7, 11) is 1.26. The van der Waals surface area contributed by atoms with E-state index in [4.69, 9.17) is 16.3 Å². The second-order valence-corrected chi connectivity index (χ2v) is 8.65. The van der Waals surface area contributed by atoms with Gasteiger partial charge in [0.1, 0.15) is 16.5 Å². The highest BCUT2D eigenvalue weighted by atomic mass is 35.5. The molecular weight excluding hydrogens is 508 g/mol. The smallest absolute Gasteiger partial charge is 0.343 e. The number of halogens is 1. The predicted octanol–water partition coefficient (Wildman–Crippen LogP) is 5.28. The molecule has 4 aromatic rings. The Balaban J connectivity index is 1.28. The summed E-state index contributed by atoms with van der Waals surface area (Å²) >= 11 is 6.19. The number of rotatable bonds is 6. The van der Waals surface area contributed by atoms with Gasteiger partial charge >= 0.3 is 11.9 Å². The Labute approximate surface area is 222 Å². The number of carbonyl (C=O) groups is 4. The Morgan fingerprint density at radius 2 is 1.39 bits per heavy atom. The van der Waals surface area contributed by atoms with Crippen LogP contribution in [0.2, 0.25) is 0 Å². The molecule has 9 heteroatoms. The van der Waals surface area contributed by atoms with Crippen LogP contribution in [0, 0.1) is 0 Å². The second kappa shape index (κ2) is 10.2. The Morgan fingerprint density at radius 3 is 2.08 bits per heavy atom. The van der Waals surface area contributed by atoms with Crippen LogP contribution in [0.4, 0.5) is 11.4 Å². The summed E-state index contributed by atoms with van der Waals surface area (Å²) in [5, 5.41) is 4.55. The summed E-state index contributed by atoms with van der Waals surface area (Å²) in [6.07, 6.45) is 0. The molecule has 0 atom stereocenters. The minimum atomic E-state index is -0.708. The first-order chi connectivity index (χ1) is 18.4. The average molecular weight is 527 g/mol. The van der Waals surface area contributed by atoms with Crippen molar-refractivity contribution >= 4 is 57.5 Å². The number of imide groups is 1. The molecule has 2 amide bonds. The number of amides is 2. The highest BCUT2D eigenvalue weighted by Crippen LogP contribution is 2.30. The monoisotopic (exact) mass is 526 g/mol. The van der Waals surface area contributed by atoms with Crippen LogP contribution in [0.5, 0.6) is 5.75 Å². The first kappa shape index (κ1) is 24.7. The van der Waals surface area contributed by atoms with Crippen molar-refractivity contribution in [2.24, 2.45) is 0 Å². The number of esters is 2. The lowest BCUT2D eigenvalue weighted by atomic mass is 10.1. The van der Waals surface area contributed by atoms with Crippen LogP contribution < -0.4 is 15.0 Å². The number of fused-ring (bicyclic) bond motifs is 1. The van der Waals surface area contributed by atoms with Crippen molar-refractivity contribution < 1.29 is 28.7 Å². The van der Waals surface area contributed by atoms with Crippen LogP contribution in [0.3, 0.4) is 0 Å². The molecule has 188 valence electrons. The number of nitrogens with one attached hydrogen (secondary N) is 1. The van der Waals surface area contributed by atoms with Gasteiger partial charge in [-0.1, -0.05) is 41.9 Å². The molecule has 1 aliphatic heterocycles. The summed E-state index contributed by atoms with van der Waals surface area (Å²) in [6, 6.07) is 25.1. The molecule has 1 N–H and O–H groups in total. The minimum absolute atomic E-state index is 0.111. The SMILES string of the molecule is COC(=O)c1ccc(N2C(=O)C(Cl)=C(Nc3ccc(C(=O)Oc4ccc5ccccc5c4)cc3)C2=O)cc1. The lowest BCUT2D eigenvalue weighted by Gasteiger charge is -2.15. The highest BCUT2D eigenvalue weighted by molar-refractivity contribution is 6.53. The van der Waals surface area contributed by atoms with E-state index >= 15 is 0 Å². The number of benzene rings is 4. The third-order valence-electron chi connectivity index (χ3n) is 5.90.